The summed E-state index contributed by atoms with van der Waals surface area (Å²) in [5.74, 6) is 2.49. The summed E-state index contributed by atoms with van der Waals surface area (Å²) in [6, 6.07) is 2.43. The van der Waals surface area contributed by atoms with Crippen molar-refractivity contribution in [3.63, 3.8) is 0 Å². The summed E-state index contributed by atoms with van der Waals surface area (Å²) in [4.78, 5) is 27.8. The van der Waals surface area contributed by atoms with Gasteiger partial charge in [-0.2, -0.15) is 0 Å². The third kappa shape index (κ3) is 3.57. The van der Waals surface area contributed by atoms with Gasteiger partial charge < -0.3 is 10.2 Å². The second-order valence-corrected chi connectivity index (χ2v) is 7.32. The largest absolute Gasteiger partial charge is 0.356 e. The van der Waals surface area contributed by atoms with Crippen LogP contribution in [-0.4, -0.2) is 40.0 Å². The van der Waals surface area contributed by atoms with Gasteiger partial charge >= 0.3 is 0 Å². The molecular weight excluding hydrogens is 314 g/mol. The Bertz CT molecular complexity index is 765. The molecule has 1 amide bonds. The first-order valence-corrected chi connectivity index (χ1v) is 9.32. The number of piperidine rings is 1. The summed E-state index contributed by atoms with van der Waals surface area (Å²) in [5, 5.41) is 4.22. The third-order valence-electron chi connectivity index (χ3n) is 5.45. The van der Waals surface area contributed by atoms with Gasteiger partial charge in [0.05, 0.1) is 11.7 Å². The molecule has 0 radical (unpaired) electrons. The quantitative estimate of drug-likeness (QED) is 0.927. The Morgan fingerprint density at radius 2 is 2.04 bits per heavy atom. The van der Waals surface area contributed by atoms with E-state index in [1.165, 1.54) is 6.42 Å². The van der Waals surface area contributed by atoms with Crippen LogP contribution in [0.15, 0.2) is 18.5 Å². The zero-order chi connectivity index (χ0) is 17.2. The predicted molar refractivity (Wildman–Crippen MR) is 97.4 cm³/mol. The lowest BCUT2D eigenvalue weighted by Gasteiger charge is -2.34. The Balaban J connectivity index is 1.39. The average Bonchev–Trinajstić information content (AvgIpc) is 2.58. The lowest BCUT2D eigenvalue weighted by atomic mass is 9.90. The van der Waals surface area contributed by atoms with E-state index in [4.69, 9.17) is 0 Å². The zero-order valence-electron chi connectivity index (χ0n) is 14.7. The van der Waals surface area contributed by atoms with E-state index in [1.807, 2.05) is 13.0 Å². The standard InChI is InChI=1S/C19H25N5O/c1-13-21-17-12-20-8-5-16(17)19(22-13)24-9-6-14(7-10-24)11-18(25)23-15-3-2-4-15/h5,8,12,14-15H,2-4,6-7,9-11H2,1H3,(H,23,25). The van der Waals surface area contributed by atoms with Crippen LogP contribution < -0.4 is 10.2 Å². The molecular formula is C19H25N5O. The average molecular weight is 339 g/mol. The molecule has 6 heteroatoms. The van der Waals surface area contributed by atoms with Crippen LogP contribution in [0, 0.1) is 12.8 Å². The molecule has 0 atom stereocenters. The molecule has 132 valence electrons. The summed E-state index contributed by atoms with van der Waals surface area (Å²) in [6.45, 7) is 3.80. The monoisotopic (exact) mass is 339 g/mol. The number of fused-ring (bicyclic) bond motifs is 1. The lowest BCUT2D eigenvalue weighted by molar-refractivity contribution is -0.123. The van der Waals surface area contributed by atoms with Crippen molar-refractivity contribution >= 4 is 22.6 Å². The molecule has 0 unspecified atom stereocenters. The van der Waals surface area contributed by atoms with Gasteiger partial charge in [0.25, 0.3) is 0 Å². The van der Waals surface area contributed by atoms with Gasteiger partial charge in [0.15, 0.2) is 0 Å². The van der Waals surface area contributed by atoms with Crippen molar-refractivity contribution in [1.82, 2.24) is 20.3 Å². The van der Waals surface area contributed by atoms with Crippen LogP contribution in [0.5, 0.6) is 0 Å². The highest BCUT2D eigenvalue weighted by Gasteiger charge is 2.25. The molecule has 2 fully saturated rings. The minimum absolute atomic E-state index is 0.234. The van der Waals surface area contributed by atoms with Gasteiger partial charge in [-0.15, -0.1) is 0 Å². The van der Waals surface area contributed by atoms with Crippen molar-refractivity contribution in [2.45, 2.75) is 51.5 Å². The van der Waals surface area contributed by atoms with Gasteiger partial charge in [0, 0.05) is 37.1 Å². The Morgan fingerprint density at radius 3 is 2.76 bits per heavy atom. The highest BCUT2D eigenvalue weighted by atomic mass is 16.1. The normalized spacial score (nSPS) is 19.0. The molecule has 1 saturated heterocycles. The van der Waals surface area contributed by atoms with Crippen LogP contribution in [-0.2, 0) is 4.79 Å². The fourth-order valence-corrected chi connectivity index (χ4v) is 3.77. The highest BCUT2D eigenvalue weighted by Crippen LogP contribution is 2.29. The van der Waals surface area contributed by atoms with Crippen molar-refractivity contribution < 1.29 is 4.79 Å². The number of amides is 1. The molecule has 1 aliphatic heterocycles. The number of aromatic nitrogens is 3. The topological polar surface area (TPSA) is 71.0 Å². The third-order valence-corrected chi connectivity index (χ3v) is 5.45. The number of hydrogen-bond acceptors (Lipinski definition) is 5. The minimum Gasteiger partial charge on any atom is -0.356 e. The van der Waals surface area contributed by atoms with E-state index in [-0.39, 0.29) is 5.91 Å². The highest BCUT2D eigenvalue weighted by molar-refractivity contribution is 5.88. The number of anilines is 1. The van der Waals surface area contributed by atoms with E-state index in [0.29, 0.717) is 18.4 Å². The zero-order valence-corrected chi connectivity index (χ0v) is 14.7. The minimum atomic E-state index is 0.234. The van der Waals surface area contributed by atoms with Crippen molar-refractivity contribution in [2.75, 3.05) is 18.0 Å². The van der Waals surface area contributed by atoms with E-state index in [2.05, 4.69) is 25.2 Å². The van der Waals surface area contributed by atoms with Crippen LogP contribution in [0.25, 0.3) is 10.9 Å². The Hall–Kier alpha value is -2.24. The van der Waals surface area contributed by atoms with Gasteiger partial charge in [0.1, 0.15) is 11.6 Å². The summed E-state index contributed by atoms with van der Waals surface area (Å²) in [5.41, 5.74) is 0.895. The maximum Gasteiger partial charge on any atom is 0.220 e. The van der Waals surface area contributed by atoms with Crippen LogP contribution in [0.3, 0.4) is 0 Å². The number of pyridine rings is 1. The maximum absolute atomic E-state index is 12.1. The van der Waals surface area contributed by atoms with Crippen molar-refractivity contribution in [1.29, 1.82) is 0 Å². The Labute approximate surface area is 148 Å². The molecule has 0 aromatic carbocycles. The summed E-state index contributed by atoms with van der Waals surface area (Å²) < 4.78 is 0. The Kier molecular flexibility index (Phi) is 4.51. The predicted octanol–water partition coefficient (Wildman–Crippen LogP) is 2.61. The second-order valence-electron chi connectivity index (χ2n) is 7.32. The summed E-state index contributed by atoms with van der Waals surface area (Å²) >= 11 is 0. The number of hydrogen-bond donors (Lipinski definition) is 1. The van der Waals surface area contributed by atoms with Gasteiger partial charge in [-0.3, -0.25) is 9.78 Å². The number of carbonyl (C=O) groups is 1. The van der Waals surface area contributed by atoms with E-state index in [1.54, 1.807) is 12.4 Å². The van der Waals surface area contributed by atoms with Gasteiger partial charge in [-0.25, -0.2) is 9.97 Å². The van der Waals surface area contributed by atoms with Crippen LogP contribution in [0.2, 0.25) is 0 Å². The lowest BCUT2D eigenvalue weighted by Crippen LogP contribution is -2.41. The first-order valence-electron chi connectivity index (χ1n) is 9.32. The van der Waals surface area contributed by atoms with Crippen molar-refractivity contribution in [2.24, 2.45) is 5.92 Å². The van der Waals surface area contributed by atoms with Crippen molar-refractivity contribution in [3.05, 3.63) is 24.3 Å². The smallest absolute Gasteiger partial charge is 0.220 e. The van der Waals surface area contributed by atoms with Crippen LogP contribution >= 0.6 is 0 Å². The molecule has 3 heterocycles. The van der Waals surface area contributed by atoms with Gasteiger partial charge in [0.2, 0.25) is 5.91 Å². The second kappa shape index (κ2) is 6.94. The van der Waals surface area contributed by atoms with Crippen LogP contribution in [0.1, 0.15) is 44.3 Å². The number of aryl methyl sites for hydroxylation is 1. The number of carbonyl (C=O) groups excluding carboxylic acids is 1. The molecule has 6 nitrogen and oxygen atoms in total. The van der Waals surface area contributed by atoms with Gasteiger partial charge in [-0.1, -0.05) is 0 Å². The molecule has 0 bridgehead atoms. The van der Waals surface area contributed by atoms with E-state index in [0.717, 1.165) is 61.3 Å². The van der Waals surface area contributed by atoms with E-state index in [9.17, 15) is 4.79 Å². The SMILES string of the molecule is Cc1nc(N2CCC(CC(=O)NC3CCC3)CC2)c2ccncc2n1. The Morgan fingerprint density at radius 1 is 1.24 bits per heavy atom. The van der Waals surface area contributed by atoms with E-state index >= 15 is 0 Å². The van der Waals surface area contributed by atoms with Crippen molar-refractivity contribution in [3.8, 4) is 0 Å². The maximum atomic E-state index is 12.1. The number of nitrogens with zero attached hydrogens (tertiary/aromatic N) is 4. The molecule has 4 rings (SSSR count). The molecule has 2 aliphatic rings. The first kappa shape index (κ1) is 16.2. The fraction of sp³-hybridized carbons (Fsp3) is 0.579. The molecule has 25 heavy (non-hydrogen) atoms. The molecule has 1 aliphatic carbocycles. The summed E-state index contributed by atoms with van der Waals surface area (Å²) in [7, 11) is 0. The van der Waals surface area contributed by atoms with Gasteiger partial charge in [-0.05, 0) is 51.0 Å². The first-order chi connectivity index (χ1) is 12.2. The molecule has 0 spiro atoms. The molecule has 1 saturated carbocycles. The van der Waals surface area contributed by atoms with E-state index < -0.39 is 0 Å². The molecule has 2 aromatic heterocycles. The molecule has 2 aromatic rings. The number of rotatable bonds is 4. The number of nitrogens with one attached hydrogen (secondary N) is 1. The summed E-state index contributed by atoms with van der Waals surface area (Å²) in [6.07, 6.45) is 9.88. The van der Waals surface area contributed by atoms with Crippen LogP contribution in [0.4, 0.5) is 5.82 Å². The molecule has 1 N–H and O–H groups in total. The fourth-order valence-electron chi connectivity index (χ4n) is 3.77.